The maximum absolute atomic E-state index is 13.7. The Kier molecular flexibility index (Phi) is 7.49. The number of carbonyl (C=O) groups excluding carboxylic acids is 1. The Morgan fingerprint density at radius 2 is 1.87 bits per heavy atom. The third kappa shape index (κ3) is 4.93. The molecule has 2 N–H and O–H groups in total. The number of rotatable bonds is 5. The lowest BCUT2D eigenvalue weighted by atomic mass is 9.99. The molecule has 0 amide bonds. The number of halogens is 3. The highest BCUT2D eigenvalue weighted by molar-refractivity contribution is 6.31. The van der Waals surface area contributed by atoms with Crippen molar-refractivity contribution < 1.29 is 13.9 Å². The van der Waals surface area contributed by atoms with Crippen LogP contribution in [0.4, 0.5) is 4.39 Å². The number of alkyl halides is 1. The van der Waals surface area contributed by atoms with E-state index in [1.165, 1.54) is 0 Å². The molecule has 0 heterocycles. The largest absolute Gasteiger partial charge is 0.467 e. The number of ether oxygens (including phenoxy) is 1. The number of hydrogen-bond acceptors (Lipinski definition) is 3. The van der Waals surface area contributed by atoms with E-state index < -0.39 is 18.2 Å². The van der Waals surface area contributed by atoms with E-state index in [-0.39, 0.29) is 18.8 Å². The van der Waals surface area contributed by atoms with Crippen LogP contribution < -0.4 is 5.73 Å². The quantitative estimate of drug-likeness (QED) is 0.827. The van der Waals surface area contributed by atoms with Crippen LogP contribution in [0.25, 0.3) is 11.1 Å². The fraction of sp³-hybridized carbons (Fsp3) is 0.235. The minimum atomic E-state index is -1.87. The summed E-state index contributed by atoms with van der Waals surface area (Å²) in [4.78, 5) is 11.2. The Labute approximate surface area is 146 Å². The Hall–Kier alpha value is -1.62. The van der Waals surface area contributed by atoms with Gasteiger partial charge in [0.1, 0.15) is 0 Å². The molecular weight excluding hydrogens is 340 g/mol. The number of carbonyl (C=O) groups is 1. The van der Waals surface area contributed by atoms with Crippen LogP contribution in [0.2, 0.25) is 5.02 Å². The molecule has 0 fully saturated rings. The second kappa shape index (κ2) is 8.87. The van der Waals surface area contributed by atoms with Gasteiger partial charge in [-0.1, -0.05) is 54.1 Å². The molecule has 0 aliphatic carbocycles. The number of esters is 1. The molecule has 0 aliphatic rings. The molecule has 2 aromatic rings. The molecule has 2 atom stereocenters. The monoisotopic (exact) mass is 357 g/mol. The predicted octanol–water partition coefficient (Wildman–Crippen LogP) is 3.81. The second-order valence-electron chi connectivity index (χ2n) is 4.97. The Bertz CT molecular complexity index is 652. The van der Waals surface area contributed by atoms with Crippen LogP contribution in [-0.4, -0.2) is 25.3 Å². The molecule has 0 spiro atoms. The third-order valence-electron chi connectivity index (χ3n) is 3.42. The van der Waals surface area contributed by atoms with Crippen molar-refractivity contribution in [2.45, 2.75) is 18.6 Å². The number of nitrogens with two attached hydrogens (primary N) is 1. The predicted molar refractivity (Wildman–Crippen MR) is 92.7 cm³/mol. The SMILES string of the molecule is COC(=O)C(F)C(N)Cc1ccc(-c2ccccc2)cc1Cl.Cl. The summed E-state index contributed by atoms with van der Waals surface area (Å²) in [6, 6.07) is 14.3. The van der Waals surface area contributed by atoms with Crippen molar-refractivity contribution in [2.75, 3.05) is 7.11 Å². The summed E-state index contributed by atoms with van der Waals surface area (Å²) < 4.78 is 18.1. The molecule has 2 unspecified atom stereocenters. The summed E-state index contributed by atoms with van der Waals surface area (Å²) in [6.07, 6.45) is -1.71. The molecule has 23 heavy (non-hydrogen) atoms. The average molecular weight is 358 g/mol. The Balaban J connectivity index is 0.00000264. The maximum atomic E-state index is 13.7. The first-order chi connectivity index (χ1) is 10.5. The highest BCUT2D eigenvalue weighted by Gasteiger charge is 2.26. The van der Waals surface area contributed by atoms with E-state index >= 15 is 0 Å². The lowest BCUT2D eigenvalue weighted by molar-refractivity contribution is -0.147. The van der Waals surface area contributed by atoms with E-state index in [0.29, 0.717) is 10.6 Å². The van der Waals surface area contributed by atoms with Gasteiger partial charge in [0, 0.05) is 5.02 Å². The summed E-state index contributed by atoms with van der Waals surface area (Å²) in [5, 5.41) is 0.494. The van der Waals surface area contributed by atoms with Crippen LogP contribution in [0.3, 0.4) is 0 Å². The minimum absolute atomic E-state index is 0. The maximum Gasteiger partial charge on any atom is 0.342 e. The molecule has 0 saturated heterocycles. The summed E-state index contributed by atoms with van der Waals surface area (Å²) in [7, 11) is 1.13. The van der Waals surface area contributed by atoms with Gasteiger partial charge in [0.05, 0.1) is 13.2 Å². The van der Waals surface area contributed by atoms with Gasteiger partial charge in [-0.3, -0.25) is 0 Å². The van der Waals surface area contributed by atoms with Gasteiger partial charge < -0.3 is 10.5 Å². The van der Waals surface area contributed by atoms with Gasteiger partial charge in [-0.15, -0.1) is 12.4 Å². The summed E-state index contributed by atoms with van der Waals surface area (Å²) >= 11 is 6.25. The van der Waals surface area contributed by atoms with Gasteiger partial charge in [0.2, 0.25) is 6.17 Å². The van der Waals surface area contributed by atoms with Gasteiger partial charge in [-0.25, -0.2) is 9.18 Å². The average Bonchev–Trinajstić information content (AvgIpc) is 2.55. The van der Waals surface area contributed by atoms with Gasteiger partial charge >= 0.3 is 5.97 Å². The molecule has 2 rings (SSSR count). The van der Waals surface area contributed by atoms with Crippen molar-refractivity contribution in [3.63, 3.8) is 0 Å². The van der Waals surface area contributed by atoms with Crippen molar-refractivity contribution in [3.05, 3.63) is 59.1 Å². The zero-order chi connectivity index (χ0) is 16.1. The highest BCUT2D eigenvalue weighted by Crippen LogP contribution is 2.26. The Morgan fingerprint density at radius 1 is 1.22 bits per heavy atom. The number of hydrogen-bond donors (Lipinski definition) is 1. The zero-order valence-corrected chi connectivity index (χ0v) is 14.1. The molecule has 0 saturated carbocycles. The zero-order valence-electron chi connectivity index (χ0n) is 12.5. The van der Waals surface area contributed by atoms with Gasteiger partial charge in [0.25, 0.3) is 0 Å². The van der Waals surface area contributed by atoms with Crippen molar-refractivity contribution >= 4 is 30.0 Å². The van der Waals surface area contributed by atoms with Crippen molar-refractivity contribution in [1.82, 2.24) is 0 Å². The van der Waals surface area contributed by atoms with Crippen molar-refractivity contribution in [1.29, 1.82) is 0 Å². The summed E-state index contributed by atoms with van der Waals surface area (Å²) in [5.74, 6) is -0.968. The molecular formula is C17H18Cl2FNO2. The molecule has 0 aromatic heterocycles. The molecule has 6 heteroatoms. The molecule has 2 aromatic carbocycles. The van der Waals surface area contributed by atoms with Crippen molar-refractivity contribution in [2.24, 2.45) is 5.73 Å². The topological polar surface area (TPSA) is 52.3 Å². The van der Waals surface area contributed by atoms with Gasteiger partial charge in [0.15, 0.2) is 0 Å². The third-order valence-corrected chi connectivity index (χ3v) is 3.77. The first kappa shape index (κ1) is 19.4. The van der Waals surface area contributed by atoms with Crippen LogP contribution in [-0.2, 0) is 16.0 Å². The van der Waals surface area contributed by atoms with E-state index in [1.807, 2.05) is 42.5 Å². The normalized spacial score (nSPS) is 12.9. The molecule has 0 radical (unpaired) electrons. The van der Waals surface area contributed by atoms with Gasteiger partial charge in [-0.05, 0) is 29.2 Å². The fourth-order valence-electron chi connectivity index (χ4n) is 2.17. The summed E-state index contributed by atoms with van der Waals surface area (Å²) in [6.45, 7) is 0. The van der Waals surface area contributed by atoms with E-state index in [1.54, 1.807) is 6.07 Å². The standard InChI is InChI=1S/C17H17ClFNO2.ClH/c1-22-17(21)16(19)15(20)10-13-8-7-12(9-14(13)18)11-5-3-2-4-6-11;/h2-9,15-16H,10,20H2,1H3;1H. The molecule has 0 bridgehead atoms. The molecule has 124 valence electrons. The van der Waals surface area contributed by atoms with Crippen LogP contribution >= 0.6 is 24.0 Å². The smallest absolute Gasteiger partial charge is 0.342 e. The van der Waals surface area contributed by atoms with Crippen LogP contribution in [0.5, 0.6) is 0 Å². The summed E-state index contributed by atoms with van der Waals surface area (Å²) in [5.41, 5.74) is 8.41. The number of benzene rings is 2. The molecule has 3 nitrogen and oxygen atoms in total. The first-order valence-corrected chi connectivity index (χ1v) is 7.22. The van der Waals surface area contributed by atoms with Crippen LogP contribution in [0.1, 0.15) is 5.56 Å². The van der Waals surface area contributed by atoms with E-state index in [0.717, 1.165) is 18.2 Å². The van der Waals surface area contributed by atoms with E-state index in [9.17, 15) is 9.18 Å². The fourth-order valence-corrected chi connectivity index (χ4v) is 2.43. The van der Waals surface area contributed by atoms with Gasteiger partial charge in [-0.2, -0.15) is 0 Å². The van der Waals surface area contributed by atoms with E-state index in [2.05, 4.69) is 4.74 Å². The van der Waals surface area contributed by atoms with E-state index in [4.69, 9.17) is 17.3 Å². The first-order valence-electron chi connectivity index (χ1n) is 6.84. The van der Waals surface area contributed by atoms with Crippen LogP contribution in [0, 0.1) is 0 Å². The second-order valence-corrected chi connectivity index (χ2v) is 5.37. The minimum Gasteiger partial charge on any atom is -0.467 e. The highest BCUT2D eigenvalue weighted by atomic mass is 35.5. The van der Waals surface area contributed by atoms with Crippen molar-refractivity contribution in [3.8, 4) is 11.1 Å². The molecule has 0 aliphatic heterocycles. The lowest BCUT2D eigenvalue weighted by Gasteiger charge is -2.16. The van der Waals surface area contributed by atoms with Crippen LogP contribution in [0.15, 0.2) is 48.5 Å². The number of methoxy groups -OCH3 is 1. The Morgan fingerprint density at radius 3 is 2.43 bits per heavy atom. The lowest BCUT2D eigenvalue weighted by Crippen LogP contribution is -2.39.